The van der Waals surface area contributed by atoms with Gasteiger partial charge < -0.3 is 20.3 Å². The quantitative estimate of drug-likeness (QED) is 0.0321. The summed E-state index contributed by atoms with van der Waals surface area (Å²) in [5.41, 5.74) is 0. The predicted octanol–water partition coefficient (Wildman–Crippen LogP) is 17.5. The number of amides is 1. The number of unbranched alkanes of at least 4 members (excludes halogenated alkanes) is 38. The topological polar surface area (TPSA) is 95.9 Å². The molecule has 0 saturated heterocycles. The van der Waals surface area contributed by atoms with Crippen molar-refractivity contribution >= 4 is 11.9 Å². The first kappa shape index (κ1) is 62.3. The Balaban J connectivity index is 3.48. The van der Waals surface area contributed by atoms with Crippen molar-refractivity contribution in [2.75, 3.05) is 13.2 Å². The minimum atomic E-state index is -0.684. The van der Waals surface area contributed by atoms with Crippen molar-refractivity contribution in [1.82, 2.24) is 5.32 Å². The third kappa shape index (κ3) is 49.8. The largest absolute Gasteiger partial charge is 0.466 e. The summed E-state index contributed by atoms with van der Waals surface area (Å²) in [5, 5.41) is 23.3. The molecule has 0 rings (SSSR count). The lowest BCUT2D eigenvalue weighted by Gasteiger charge is -2.22. The Morgan fingerprint density at radius 1 is 0.438 bits per heavy atom. The molecule has 64 heavy (non-hydrogen) atoms. The van der Waals surface area contributed by atoms with Gasteiger partial charge >= 0.3 is 5.97 Å². The minimum absolute atomic E-state index is 0.0386. The third-order valence-corrected chi connectivity index (χ3v) is 13.3. The van der Waals surface area contributed by atoms with Crippen LogP contribution in [0.5, 0.6) is 0 Å². The average Bonchev–Trinajstić information content (AvgIpc) is 3.29. The molecule has 0 aliphatic heterocycles. The molecule has 0 aromatic rings. The van der Waals surface area contributed by atoms with E-state index < -0.39 is 12.1 Å². The number of ether oxygens (including phenoxy) is 1. The number of rotatable bonds is 53. The molecule has 0 aliphatic carbocycles. The highest BCUT2D eigenvalue weighted by molar-refractivity contribution is 5.76. The SMILES string of the molecule is CCCC/C=C\C/C=C\CCCCCCCC(=O)OCCCCCCCCCCCC(=O)NC(CO)C(O)CCCCCCCCCCCCCCCCCCCCCCCCCC. The fourth-order valence-corrected chi connectivity index (χ4v) is 8.83. The van der Waals surface area contributed by atoms with E-state index in [1.807, 2.05) is 0 Å². The van der Waals surface area contributed by atoms with Gasteiger partial charge in [0.1, 0.15) is 0 Å². The van der Waals surface area contributed by atoms with Gasteiger partial charge in [0.15, 0.2) is 0 Å². The molecule has 0 heterocycles. The molecular formula is C58H111NO5. The maximum atomic E-state index is 12.5. The summed E-state index contributed by atoms with van der Waals surface area (Å²) in [4.78, 5) is 24.5. The molecule has 0 radical (unpaired) electrons. The van der Waals surface area contributed by atoms with E-state index in [2.05, 4.69) is 43.5 Å². The number of carbonyl (C=O) groups excluding carboxylic acids is 2. The smallest absolute Gasteiger partial charge is 0.305 e. The van der Waals surface area contributed by atoms with Crippen LogP contribution in [0.1, 0.15) is 309 Å². The van der Waals surface area contributed by atoms with Gasteiger partial charge in [-0.15, -0.1) is 0 Å². The maximum absolute atomic E-state index is 12.5. The average molecular weight is 903 g/mol. The first-order valence-electron chi connectivity index (χ1n) is 28.6. The molecule has 3 N–H and O–H groups in total. The van der Waals surface area contributed by atoms with Gasteiger partial charge in [-0.05, 0) is 51.4 Å². The molecule has 1 amide bonds. The third-order valence-electron chi connectivity index (χ3n) is 13.3. The summed E-state index contributed by atoms with van der Waals surface area (Å²) in [6, 6.07) is -0.564. The van der Waals surface area contributed by atoms with E-state index >= 15 is 0 Å². The van der Waals surface area contributed by atoms with E-state index in [9.17, 15) is 19.8 Å². The number of aliphatic hydroxyl groups excluding tert-OH is 2. The van der Waals surface area contributed by atoms with Crippen molar-refractivity contribution in [3.05, 3.63) is 24.3 Å². The lowest BCUT2D eigenvalue weighted by molar-refractivity contribution is -0.143. The minimum Gasteiger partial charge on any atom is -0.466 e. The first-order chi connectivity index (χ1) is 31.5. The highest BCUT2D eigenvalue weighted by atomic mass is 16.5. The number of nitrogens with one attached hydrogen (secondary N) is 1. The van der Waals surface area contributed by atoms with Gasteiger partial charge in [0, 0.05) is 12.8 Å². The molecule has 378 valence electrons. The second-order valence-electron chi connectivity index (χ2n) is 19.6. The van der Waals surface area contributed by atoms with E-state index in [-0.39, 0.29) is 18.5 Å². The molecule has 0 aromatic carbocycles. The second kappa shape index (κ2) is 54.0. The monoisotopic (exact) mass is 902 g/mol. The van der Waals surface area contributed by atoms with Crippen molar-refractivity contribution < 1.29 is 24.5 Å². The van der Waals surface area contributed by atoms with Crippen LogP contribution in [0.4, 0.5) is 0 Å². The summed E-state index contributed by atoms with van der Waals surface area (Å²) in [6.45, 7) is 4.86. The Kier molecular flexibility index (Phi) is 52.6. The molecule has 2 atom stereocenters. The summed E-state index contributed by atoms with van der Waals surface area (Å²) >= 11 is 0. The summed E-state index contributed by atoms with van der Waals surface area (Å²) in [6.07, 6.45) is 64.5. The van der Waals surface area contributed by atoms with Gasteiger partial charge in [-0.2, -0.15) is 0 Å². The lowest BCUT2D eigenvalue weighted by atomic mass is 10.0. The molecule has 2 unspecified atom stereocenters. The molecular weight excluding hydrogens is 791 g/mol. The Morgan fingerprint density at radius 3 is 1.23 bits per heavy atom. The van der Waals surface area contributed by atoms with Crippen LogP contribution in [-0.4, -0.2) is 47.4 Å². The van der Waals surface area contributed by atoms with Gasteiger partial charge in [0.25, 0.3) is 0 Å². The van der Waals surface area contributed by atoms with E-state index in [1.165, 1.54) is 205 Å². The summed E-state index contributed by atoms with van der Waals surface area (Å²) in [7, 11) is 0. The first-order valence-corrected chi connectivity index (χ1v) is 28.6. The molecule has 0 fully saturated rings. The molecule has 6 heteroatoms. The van der Waals surface area contributed by atoms with Gasteiger partial charge in [0.05, 0.1) is 25.4 Å². The molecule has 0 bridgehead atoms. The van der Waals surface area contributed by atoms with Gasteiger partial charge in [0.2, 0.25) is 5.91 Å². The Morgan fingerprint density at radius 2 is 0.797 bits per heavy atom. The Bertz CT molecular complexity index is 997. The number of hydrogen-bond donors (Lipinski definition) is 3. The number of carbonyl (C=O) groups is 2. The summed E-state index contributed by atoms with van der Waals surface area (Å²) in [5.74, 6) is -0.0995. The van der Waals surface area contributed by atoms with E-state index in [0.29, 0.717) is 25.9 Å². The molecule has 0 spiro atoms. The van der Waals surface area contributed by atoms with Crippen LogP contribution in [0.25, 0.3) is 0 Å². The van der Waals surface area contributed by atoms with Gasteiger partial charge in [-0.1, -0.05) is 269 Å². The Labute approximate surface area is 399 Å². The Hall–Kier alpha value is -1.66. The fraction of sp³-hybridized carbons (Fsp3) is 0.897. The van der Waals surface area contributed by atoms with Crippen LogP contribution in [0.2, 0.25) is 0 Å². The lowest BCUT2D eigenvalue weighted by Crippen LogP contribution is -2.45. The van der Waals surface area contributed by atoms with Crippen molar-refractivity contribution in [3.63, 3.8) is 0 Å². The zero-order valence-electron chi connectivity index (χ0n) is 43.0. The molecule has 0 aromatic heterocycles. The van der Waals surface area contributed by atoms with Crippen molar-refractivity contribution in [1.29, 1.82) is 0 Å². The number of aliphatic hydroxyl groups is 2. The highest BCUT2D eigenvalue weighted by Gasteiger charge is 2.20. The fourth-order valence-electron chi connectivity index (χ4n) is 8.83. The normalized spacial score (nSPS) is 12.8. The maximum Gasteiger partial charge on any atom is 0.305 e. The number of esters is 1. The highest BCUT2D eigenvalue weighted by Crippen LogP contribution is 2.17. The van der Waals surface area contributed by atoms with E-state index in [1.54, 1.807) is 0 Å². The van der Waals surface area contributed by atoms with Crippen molar-refractivity contribution in [2.24, 2.45) is 0 Å². The van der Waals surface area contributed by atoms with E-state index in [4.69, 9.17) is 4.74 Å². The van der Waals surface area contributed by atoms with E-state index in [0.717, 1.165) is 70.6 Å². The second-order valence-corrected chi connectivity index (χ2v) is 19.6. The molecule has 0 aliphatic rings. The standard InChI is InChI=1S/C58H111NO5/c1-3-5-7-9-11-13-15-17-19-20-21-22-23-24-25-26-27-28-29-31-34-38-42-46-50-56(61)55(54-60)59-57(62)51-47-43-39-35-33-37-41-45-49-53-64-58(63)52-48-44-40-36-32-30-18-16-14-12-10-8-6-4-2/h10,12,16,18,55-56,60-61H,3-9,11,13-15,17,19-54H2,1-2H3,(H,59,62)/b12-10-,18-16-. The van der Waals surface area contributed by atoms with Crippen LogP contribution >= 0.6 is 0 Å². The molecule has 6 nitrogen and oxygen atoms in total. The summed E-state index contributed by atoms with van der Waals surface area (Å²) < 4.78 is 5.45. The van der Waals surface area contributed by atoms with Crippen LogP contribution in [-0.2, 0) is 14.3 Å². The van der Waals surface area contributed by atoms with Crippen molar-refractivity contribution in [3.8, 4) is 0 Å². The number of hydrogen-bond acceptors (Lipinski definition) is 5. The van der Waals surface area contributed by atoms with Crippen LogP contribution in [0.15, 0.2) is 24.3 Å². The van der Waals surface area contributed by atoms with Crippen LogP contribution < -0.4 is 5.32 Å². The van der Waals surface area contributed by atoms with Crippen LogP contribution in [0, 0.1) is 0 Å². The van der Waals surface area contributed by atoms with Crippen LogP contribution in [0.3, 0.4) is 0 Å². The predicted molar refractivity (Wildman–Crippen MR) is 278 cm³/mol. The number of allylic oxidation sites excluding steroid dienone is 4. The molecule has 0 saturated carbocycles. The zero-order chi connectivity index (χ0) is 46.5. The zero-order valence-corrected chi connectivity index (χ0v) is 43.0. The van der Waals surface area contributed by atoms with Crippen molar-refractivity contribution in [2.45, 2.75) is 321 Å². The van der Waals surface area contributed by atoms with Gasteiger partial charge in [-0.25, -0.2) is 0 Å². The van der Waals surface area contributed by atoms with Gasteiger partial charge in [-0.3, -0.25) is 9.59 Å².